The van der Waals surface area contributed by atoms with Crippen LogP contribution in [-0.4, -0.2) is 29.2 Å². The molecule has 0 saturated carbocycles. The lowest BCUT2D eigenvalue weighted by Gasteiger charge is -2.21. The third-order valence-electron chi connectivity index (χ3n) is 2.71. The van der Waals surface area contributed by atoms with Crippen LogP contribution in [0.2, 0.25) is 0 Å². The first-order valence-electron chi connectivity index (χ1n) is 5.54. The van der Waals surface area contributed by atoms with Crippen molar-refractivity contribution in [3.8, 4) is 0 Å². The predicted octanol–water partition coefficient (Wildman–Crippen LogP) is 1.17. The van der Waals surface area contributed by atoms with Gasteiger partial charge >= 0.3 is 0 Å². The molecule has 0 aromatic carbocycles. The van der Waals surface area contributed by atoms with Gasteiger partial charge in [-0.1, -0.05) is 11.3 Å². The minimum atomic E-state index is 0.0584. The molecule has 1 aliphatic rings. The first-order chi connectivity index (χ1) is 7.74. The highest BCUT2D eigenvalue weighted by Gasteiger charge is 2.17. The molecular formula is C10H16N4OS. The molecule has 0 unspecified atom stereocenters. The molecule has 5 nitrogen and oxygen atoms in total. The average Bonchev–Trinajstić information content (AvgIpc) is 2.65. The highest BCUT2D eigenvalue weighted by atomic mass is 32.1. The van der Waals surface area contributed by atoms with Crippen molar-refractivity contribution in [2.75, 3.05) is 18.4 Å². The number of aromatic nitrogens is 2. The smallest absolute Gasteiger partial charge is 0.226 e. The molecule has 2 heterocycles. The summed E-state index contributed by atoms with van der Waals surface area (Å²) in [7, 11) is 0. The van der Waals surface area contributed by atoms with E-state index in [0.29, 0.717) is 17.5 Å². The summed E-state index contributed by atoms with van der Waals surface area (Å²) in [5.74, 6) is 0.568. The van der Waals surface area contributed by atoms with E-state index in [1.54, 1.807) is 0 Å². The molecule has 1 aromatic heterocycles. The Morgan fingerprint density at radius 2 is 2.25 bits per heavy atom. The van der Waals surface area contributed by atoms with Gasteiger partial charge in [0.15, 0.2) is 0 Å². The topological polar surface area (TPSA) is 66.9 Å². The van der Waals surface area contributed by atoms with Gasteiger partial charge in [0.25, 0.3) is 0 Å². The molecule has 0 spiro atoms. The highest BCUT2D eigenvalue weighted by molar-refractivity contribution is 7.15. The number of rotatable bonds is 3. The van der Waals surface area contributed by atoms with Crippen LogP contribution in [0.3, 0.4) is 0 Å². The van der Waals surface area contributed by atoms with E-state index in [1.807, 2.05) is 6.92 Å². The summed E-state index contributed by atoms with van der Waals surface area (Å²) < 4.78 is 0. The molecule has 1 saturated heterocycles. The number of aryl methyl sites for hydroxylation is 1. The summed E-state index contributed by atoms with van der Waals surface area (Å²) >= 11 is 1.41. The first-order valence-corrected chi connectivity index (χ1v) is 6.36. The molecule has 0 bridgehead atoms. The van der Waals surface area contributed by atoms with Gasteiger partial charge in [-0.3, -0.25) is 4.79 Å². The molecule has 16 heavy (non-hydrogen) atoms. The minimum absolute atomic E-state index is 0.0584. The van der Waals surface area contributed by atoms with Crippen LogP contribution in [0.4, 0.5) is 5.13 Å². The van der Waals surface area contributed by atoms with E-state index in [4.69, 9.17) is 0 Å². The fraction of sp³-hybridized carbons (Fsp3) is 0.700. The van der Waals surface area contributed by atoms with Gasteiger partial charge in [0.05, 0.1) is 0 Å². The fourth-order valence-electron chi connectivity index (χ4n) is 1.87. The molecule has 2 rings (SSSR count). The summed E-state index contributed by atoms with van der Waals surface area (Å²) in [5, 5.41) is 15.3. The number of amides is 1. The quantitative estimate of drug-likeness (QED) is 0.832. The predicted molar refractivity (Wildman–Crippen MR) is 63.5 cm³/mol. The van der Waals surface area contributed by atoms with Crippen LogP contribution >= 0.6 is 11.3 Å². The number of anilines is 1. The Bertz CT molecular complexity index is 359. The largest absolute Gasteiger partial charge is 0.317 e. The van der Waals surface area contributed by atoms with Crippen molar-refractivity contribution in [1.82, 2.24) is 15.5 Å². The zero-order chi connectivity index (χ0) is 11.4. The van der Waals surface area contributed by atoms with Crippen LogP contribution in [0.25, 0.3) is 0 Å². The van der Waals surface area contributed by atoms with Gasteiger partial charge in [0.1, 0.15) is 5.01 Å². The highest BCUT2D eigenvalue weighted by Crippen LogP contribution is 2.18. The Morgan fingerprint density at radius 1 is 1.50 bits per heavy atom. The first kappa shape index (κ1) is 11.5. The Hall–Kier alpha value is -1.01. The third-order valence-corrected chi connectivity index (χ3v) is 3.46. The number of hydrogen-bond donors (Lipinski definition) is 2. The maximum atomic E-state index is 11.7. The minimum Gasteiger partial charge on any atom is -0.317 e. The third kappa shape index (κ3) is 3.24. The summed E-state index contributed by atoms with van der Waals surface area (Å²) in [4.78, 5) is 11.7. The lowest BCUT2D eigenvalue weighted by atomic mass is 9.94. The number of nitrogens with zero attached hydrogens (tertiary/aromatic N) is 2. The lowest BCUT2D eigenvalue weighted by Crippen LogP contribution is -2.30. The van der Waals surface area contributed by atoms with Crippen molar-refractivity contribution >= 4 is 22.4 Å². The summed E-state index contributed by atoms with van der Waals surface area (Å²) in [6.45, 7) is 3.92. The van der Waals surface area contributed by atoms with Crippen LogP contribution in [0.15, 0.2) is 0 Å². The Kier molecular flexibility index (Phi) is 3.84. The van der Waals surface area contributed by atoms with Gasteiger partial charge in [-0.2, -0.15) is 0 Å². The van der Waals surface area contributed by atoms with Crippen LogP contribution in [0.5, 0.6) is 0 Å². The zero-order valence-electron chi connectivity index (χ0n) is 9.32. The number of hydrogen-bond acceptors (Lipinski definition) is 5. The van der Waals surface area contributed by atoms with E-state index in [9.17, 15) is 4.79 Å². The monoisotopic (exact) mass is 240 g/mol. The summed E-state index contributed by atoms with van der Waals surface area (Å²) in [6, 6.07) is 0. The standard InChI is InChI=1S/C10H16N4OS/c1-7-13-14-10(16-7)12-9(15)6-8-2-4-11-5-3-8/h8,11H,2-6H2,1H3,(H,12,14,15). The number of carbonyl (C=O) groups is 1. The van der Waals surface area contributed by atoms with Gasteiger partial charge in [0.2, 0.25) is 11.0 Å². The van der Waals surface area contributed by atoms with Crippen LogP contribution in [0.1, 0.15) is 24.3 Å². The van der Waals surface area contributed by atoms with Crippen molar-refractivity contribution in [2.24, 2.45) is 5.92 Å². The van der Waals surface area contributed by atoms with E-state index in [2.05, 4.69) is 20.8 Å². The Labute approximate surface area is 98.7 Å². The number of piperidine rings is 1. The molecule has 1 aromatic rings. The SMILES string of the molecule is Cc1nnc(NC(=O)CC2CCNCC2)s1. The van der Waals surface area contributed by atoms with Crippen LogP contribution in [0, 0.1) is 12.8 Å². The normalized spacial score (nSPS) is 17.3. The van der Waals surface area contributed by atoms with Crippen molar-refractivity contribution in [3.05, 3.63) is 5.01 Å². The second-order valence-corrected chi connectivity index (χ2v) is 5.25. The fourth-order valence-corrected chi connectivity index (χ4v) is 2.47. The van der Waals surface area contributed by atoms with Crippen molar-refractivity contribution in [1.29, 1.82) is 0 Å². The maximum Gasteiger partial charge on any atom is 0.226 e. The molecule has 88 valence electrons. The summed E-state index contributed by atoms with van der Waals surface area (Å²) in [6.07, 6.45) is 2.77. The molecule has 2 N–H and O–H groups in total. The van der Waals surface area contributed by atoms with Crippen molar-refractivity contribution in [3.63, 3.8) is 0 Å². The van der Waals surface area contributed by atoms with Gasteiger partial charge in [-0.25, -0.2) is 0 Å². The molecular weight excluding hydrogens is 224 g/mol. The molecule has 0 atom stereocenters. The van der Waals surface area contributed by atoms with Crippen molar-refractivity contribution < 1.29 is 4.79 Å². The average molecular weight is 240 g/mol. The molecule has 1 amide bonds. The number of nitrogens with one attached hydrogen (secondary N) is 2. The molecule has 0 radical (unpaired) electrons. The van der Waals surface area contributed by atoms with E-state index in [-0.39, 0.29) is 5.91 Å². The van der Waals surface area contributed by atoms with E-state index < -0.39 is 0 Å². The van der Waals surface area contributed by atoms with Crippen LogP contribution < -0.4 is 10.6 Å². The molecule has 6 heteroatoms. The van der Waals surface area contributed by atoms with E-state index in [1.165, 1.54) is 11.3 Å². The number of carbonyl (C=O) groups excluding carboxylic acids is 1. The molecule has 1 fully saturated rings. The molecule has 1 aliphatic heterocycles. The zero-order valence-corrected chi connectivity index (χ0v) is 10.1. The van der Waals surface area contributed by atoms with Gasteiger partial charge in [-0.05, 0) is 38.8 Å². The lowest BCUT2D eigenvalue weighted by molar-refractivity contribution is -0.117. The van der Waals surface area contributed by atoms with Gasteiger partial charge in [-0.15, -0.1) is 10.2 Å². The molecule has 0 aliphatic carbocycles. The van der Waals surface area contributed by atoms with Gasteiger partial charge in [0, 0.05) is 6.42 Å². The maximum absolute atomic E-state index is 11.7. The second-order valence-electron chi connectivity index (χ2n) is 4.07. The van der Waals surface area contributed by atoms with Crippen molar-refractivity contribution in [2.45, 2.75) is 26.2 Å². The Balaban J connectivity index is 1.79. The second kappa shape index (κ2) is 5.36. The van der Waals surface area contributed by atoms with Gasteiger partial charge < -0.3 is 10.6 Å². The van der Waals surface area contributed by atoms with Crippen LogP contribution in [-0.2, 0) is 4.79 Å². The van der Waals surface area contributed by atoms with E-state index >= 15 is 0 Å². The van der Waals surface area contributed by atoms with E-state index in [0.717, 1.165) is 30.9 Å². The Morgan fingerprint density at radius 3 is 2.88 bits per heavy atom. The summed E-state index contributed by atoms with van der Waals surface area (Å²) in [5.41, 5.74) is 0.